The van der Waals surface area contributed by atoms with Crippen LogP contribution in [0.1, 0.15) is 20.3 Å². The van der Waals surface area contributed by atoms with E-state index >= 15 is 0 Å². The molecule has 0 N–H and O–H groups in total. The lowest BCUT2D eigenvalue weighted by molar-refractivity contribution is 0.298. The summed E-state index contributed by atoms with van der Waals surface area (Å²) in [4.78, 5) is 2.99. The van der Waals surface area contributed by atoms with Crippen molar-refractivity contribution in [1.29, 1.82) is 5.26 Å². The molecule has 0 saturated carbocycles. The Balaban J connectivity index is 2.61. The van der Waals surface area contributed by atoms with Gasteiger partial charge in [0.2, 0.25) is 0 Å². The van der Waals surface area contributed by atoms with Gasteiger partial charge < -0.3 is 4.90 Å². The summed E-state index contributed by atoms with van der Waals surface area (Å²) in [6.45, 7) is 5.76. The molecule has 0 amide bonds. The second-order valence-corrected chi connectivity index (χ2v) is 4.04. The van der Waals surface area contributed by atoms with Crippen LogP contribution in [-0.2, 0) is 0 Å². The highest BCUT2D eigenvalue weighted by Gasteiger charge is 2.25. The van der Waals surface area contributed by atoms with Crippen LogP contribution in [0.15, 0.2) is 0 Å². The number of hydrogen-bond donors (Lipinski definition) is 0. The lowest BCUT2D eigenvalue weighted by atomic mass is 9.92. The first-order chi connectivity index (χ1) is 5.65. The minimum absolute atomic E-state index is 0.452. The molecule has 12 heavy (non-hydrogen) atoms. The van der Waals surface area contributed by atoms with E-state index in [4.69, 9.17) is 17.5 Å². The van der Waals surface area contributed by atoms with Gasteiger partial charge in [-0.25, -0.2) is 0 Å². The van der Waals surface area contributed by atoms with Crippen LogP contribution in [0.4, 0.5) is 0 Å². The molecule has 2 nitrogen and oxygen atoms in total. The summed E-state index contributed by atoms with van der Waals surface area (Å²) >= 11 is 5.24. The van der Waals surface area contributed by atoms with E-state index in [2.05, 4.69) is 19.9 Å². The van der Waals surface area contributed by atoms with Gasteiger partial charge >= 0.3 is 0 Å². The highest BCUT2D eigenvalue weighted by atomic mass is 32.1. The topological polar surface area (TPSA) is 27.0 Å². The predicted molar refractivity (Wildman–Crippen MR) is 52.7 cm³/mol. The van der Waals surface area contributed by atoms with Crippen molar-refractivity contribution in [3.05, 3.63) is 0 Å². The van der Waals surface area contributed by atoms with Crippen LogP contribution >= 0.6 is 12.2 Å². The van der Waals surface area contributed by atoms with E-state index in [1.54, 1.807) is 0 Å². The predicted octanol–water partition coefficient (Wildman–Crippen LogP) is 1.82. The Morgan fingerprint density at radius 3 is 2.92 bits per heavy atom. The largest absolute Gasteiger partial charge is 0.352 e. The first kappa shape index (κ1) is 9.47. The number of likely N-dealkylation sites (tertiary alicyclic amines) is 1. The molecule has 0 aromatic heterocycles. The molecule has 0 bridgehead atoms. The minimum Gasteiger partial charge on any atom is -0.352 e. The number of nitriles is 1. The van der Waals surface area contributed by atoms with Gasteiger partial charge in [0.05, 0.1) is 11.1 Å². The fourth-order valence-electron chi connectivity index (χ4n) is 1.78. The van der Waals surface area contributed by atoms with Gasteiger partial charge in [-0.05, 0) is 12.3 Å². The number of hydrogen-bond acceptors (Lipinski definition) is 2. The molecule has 0 aromatic carbocycles. The molecule has 1 saturated heterocycles. The van der Waals surface area contributed by atoms with Gasteiger partial charge in [0.25, 0.3) is 0 Å². The average Bonchev–Trinajstić information content (AvgIpc) is 2.00. The average molecular weight is 182 g/mol. The molecule has 0 spiro atoms. The molecule has 2 unspecified atom stereocenters. The van der Waals surface area contributed by atoms with E-state index in [1.165, 1.54) is 6.42 Å². The van der Waals surface area contributed by atoms with Gasteiger partial charge in [0, 0.05) is 12.5 Å². The minimum atomic E-state index is 0.452. The maximum absolute atomic E-state index is 8.56. The Kier molecular flexibility index (Phi) is 3.05. The standard InChI is InChI=1S/C9H14N2S/c1-7-5-8(2)9(12)11(6-7)4-3-10/h7-8H,4-6H2,1-2H3. The quantitative estimate of drug-likeness (QED) is 0.457. The third-order valence-corrected chi connectivity index (χ3v) is 2.94. The normalized spacial score (nSPS) is 30.1. The van der Waals surface area contributed by atoms with Crippen molar-refractivity contribution in [2.24, 2.45) is 11.8 Å². The van der Waals surface area contributed by atoms with Crippen LogP contribution < -0.4 is 0 Å². The molecule has 66 valence electrons. The molecule has 3 heteroatoms. The monoisotopic (exact) mass is 182 g/mol. The molecular weight excluding hydrogens is 168 g/mol. The first-order valence-corrected chi connectivity index (χ1v) is 4.71. The van der Waals surface area contributed by atoms with Gasteiger partial charge in [0.15, 0.2) is 0 Å². The molecule has 1 heterocycles. The maximum atomic E-state index is 8.56. The third kappa shape index (κ3) is 1.95. The molecule has 0 radical (unpaired) electrons. The first-order valence-electron chi connectivity index (χ1n) is 4.31. The Morgan fingerprint density at radius 2 is 2.33 bits per heavy atom. The summed E-state index contributed by atoms with van der Waals surface area (Å²) in [5, 5.41) is 8.56. The van der Waals surface area contributed by atoms with Crippen LogP contribution in [0.5, 0.6) is 0 Å². The maximum Gasteiger partial charge on any atom is 0.106 e. The fraction of sp³-hybridized carbons (Fsp3) is 0.778. The van der Waals surface area contributed by atoms with Gasteiger partial charge in [0.1, 0.15) is 6.54 Å². The molecule has 1 fully saturated rings. The van der Waals surface area contributed by atoms with E-state index in [-0.39, 0.29) is 0 Å². The van der Waals surface area contributed by atoms with Crippen molar-refractivity contribution in [3.63, 3.8) is 0 Å². The SMILES string of the molecule is CC1CC(C)C(=S)N(CC#N)C1. The van der Waals surface area contributed by atoms with Crippen molar-refractivity contribution >= 4 is 17.2 Å². The van der Waals surface area contributed by atoms with Gasteiger partial charge in [-0.1, -0.05) is 26.1 Å². The van der Waals surface area contributed by atoms with E-state index in [0.29, 0.717) is 18.4 Å². The van der Waals surface area contributed by atoms with Crippen LogP contribution in [0.25, 0.3) is 0 Å². The van der Waals surface area contributed by atoms with Crippen molar-refractivity contribution in [1.82, 2.24) is 4.90 Å². The molecule has 1 aliphatic rings. The van der Waals surface area contributed by atoms with E-state index in [0.717, 1.165) is 11.5 Å². The third-order valence-electron chi connectivity index (χ3n) is 2.28. The Bertz CT molecular complexity index is 219. The Morgan fingerprint density at radius 1 is 1.67 bits per heavy atom. The second-order valence-electron chi connectivity index (χ2n) is 3.62. The van der Waals surface area contributed by atoms with Crippen LogP contribution in [0, 0.1) is 23.2 Å². The van der Waals surface area contributed by atoms with Crippen LogP contribution in [0.2, 0.25) is 0 Å². The zero-order valence-electron chi connectivity index (χ0n) is 7.58. The summed E-state index contributed by atoms with van der Waals surface area (Å²) in [5.41, 5.74) is 0. The van der Waals surface area contributed by atoms with Crippen LogP contribution in [0.3, 0.4) is 0 Å². The second kappa shape index (κ2) is 3.86. The number of nitrogens with zero attached hydrogens (tertiary/aromatic N) is 2. The van der Waals surface area contributed by atoms with Gasteiger partial charge in [-0.2, -0.15) is 5.26 Å². The van der Waals surface area contributed by atoms with Crippen molar-refractivity contribution in [2.75, 3.05) is 13.1 Å². The van der Waals surface area contributed by atoms with E-state index in [1.807, 2.05) is 4.90 Å². The summed E-state index contributed by atoms with van der Waals surface area (Å²) < 4.78 is 0. The van der Waals surface area contributed by atoms with Crippen LogP contribution in [-0.4, -0.2) is 23.0 Å². The Labute approximate surface area is 79.2 Å². The lowest BCUT2D eigenvalue weighted by Gasteiger charge is -2.35. The molecular formula is C9H14N2S. The molecule has 1 aliphatic heterocycles. The van der Waals surface area contributed by atoms with Gasteiger partial charge in [-0.3, -0.25) is 0 Å². The van der Waals surface area contributed by atoms with Gasteiger partial charge in [-0.15, -0.1) is 0 Å². The lowest BCUT2D eigenvalue weighted by Crippen LogP contribution is -2.42. The number of piperidine rings is 1. The number of rotatable bonds is 1. The van der Waals surface area contributed by atoms with Crippen molar-refractivity contribution in [2.45, 2.75) is 20.3 Å². The molecule has 0 aromatic rings. The number of thiocarbonyl (C=S) groups is 1. The summed E-state index contributed by atoms with van der Waals surface area (Å²) in [5.74, 6) is 1.14. The fourth-order valence-corrected chi connectivity index (χ4v) is 2.02. The zero-order valence-corrected chi connectivity index (χ0v) is 8.40. The summed E-state index contributed by atoms with van der Waals surface area (Å²) in [7, 11) is 0. The highest BCUT2D eigenvalue weighted by Crippen LogP contribution is 2.22. The highest BCUT2D eigenvalue weighted by molar-refractivity contribution is 7.80. The summed E-state index contributed by atoms with van der Waals surface area (Å²) in [6.07, 6.45) is 1.17. The molecule has 2 atom stereocenters. The Hall–Kier alpha value is -0.620. The summed E-state index contributed by atoms with van der Waals surface area (Å²) in [6, 6.07) is 2.15. The molecule has 1 rings (SSSR count). The van der Waals surface area contributed by atoms with E-state index < -0.39 is 0 Å². The smallest absolute Gasteiger partial charge is 0.106 e. The van der Waals surface area contributed by atoms with Crippen molar-refractivity contribution < 1.29 is 0 Å². The zero-order chi connectivity index (χ0) is 9.14. The van der Waals surface area contributed by atoms with Crippen molar-refractivity contribution in [3.8, 4) is 6.07 Å². The molecule has 0 aliphatic carbocycles. The van der Waals surface area contributed by atoms with E-state index in [9.17, 15) is 0 Å².